The first kappa shape index (κ1) is 26.3. The van der Waals surface area contributed by atoms with Crippen LogP contribution in [-0.4, -0.2) is 57.9 Å². The lowest BCUT2D eigenvalue weighted by molar-refractivity contribution is -0.137. The number of nitrogens with one attached hydrogen (secondary N) is 6. The van der Waals surface area contributed by atoms with Gasteiger partial charge in [0, 0.05) is 24.4 Å². The number of hydrogen-bond acceptors (Lipinski definition) is 8. The van der Waals surface area contributed by atoms with Crippen LogP contribution in [0.15, 0.2) is 27.1 Å². The van der Waals surface area contributed by atoms with Gasteiger partial charge in [-0.1, -0.05) is 13.8 Å². The minimum Gasteiger partial charge on any atom is -0.481 e. The van der Waals surface area contributed by atoms with Crippen LogP contribution in [0.3, 0.4) is 0 Å². The molecule has 2 aromatic heterocycles. The zero-order chi connectivity index (χ0) is 25.3. The molecule has 0 saturated carbocycles. The lowest BCUT2D eigenvalue weighted by atomic mass is 10.1. The molecule has 0 radical (unpaired) electrons. The molecule has 0 aliphatic heterocycles. The van der Waals surface area contributed by atoms with Gasteiger partial charge in [0.1, 0.15) is 11.9 Å². The number of carbonyl (C=O) groups excluding carboxylic acids is 3. The molecule has 0 fully saturated rings. The highest BCUT2D eigenvalue weighted by Crippen LogP contribution is 2.22. The molecule has 0 saturated heterocycles. The molecule has 2 rings (SSSR count). The van der Waals surface area contributed by atoms with E-state index >= 15 is 0 Å². The van der Waals surface area contributed by atoms with Gasteiger partial charge < -0.3 is 26.4 Å². The predicted molar refractivity (Wildman–Crippen MR) is 124 cm³/mol. The molecule has 0 bridgehead atoms. The number of amides is 3. The van der Waals surface area contributed by atoms with Crippen molar-refractivity contribution >= 4 is 45.8 Å². The highest BCUT2D eigenvalue weighted by Gasteiger charge is 2.22. The maximum Gasteiger partial charge on any atom is 0.327 e. The van der Waals surface area contributed by atoms with Crippen LogP contribution in [0.25, 0.3) is 0 Å². The number of carboxylic acids is 1. The average molecular weight is 495 g/mol. The van der Waals surface area contributed by atoms with Crippen molar-refractivity contribution in [1.82, 2.24) is 25.9 Å². The number of anilines is 2. The Labute approximate surface area is 197 Å². The highest BCUT2D eigenvalue weighted by atomic mass is 32.1. The number of carbonyl (C=O) groups is 4. The summed E-state index contributed by atoms with van der Waals surface area (Å²) in [4.78, 5) is 74.9. The normalized spacial score (nSPS) is 11.5. The highest BCUT2D eigenvalue weighted by molar-refractivity contribution is 7.14. The lowest BCUT2D eigenvalue weighted by Crippen LogP contribution is -2.50. The van der Waals surface area contributed by atoms with E-state index in [1.54, 1.807) is 0 Å². The first-order chi connectivity index (χ1) is 16.0. The fraction of sp³-hybridized carbons (Fsp3) is 0.400. The van der Waals surface area contributed by atoms with Crippen LogP contribution in [0.4, 0.5) is 10.8 Å². The van der Waals surface area contributed by atoms with Gasteiger partial charge in [0.05, 0.1) is 17.1 Å². The fourth-order valence-corrected chi connectivity index (χ4v) is 3.46. The predicted octanol–water partition coefficient (Wildman–Crippen LogP) is -0.280. The molecule has 0 aliphatic rings. The van der Waals surface area contributed by atoms with Crippen LogP contribution >= 0.6 is 11.3 Å². The van der Waals surface area contributed by atoms with Gasteiger partial charge in [0.25, 0.3) is 11.5 Å². The number of aromatic nitrogens is 2. The van der Waals surface area contributed by atoms with Crippen LogP contribution in [-0.2, 0) is 14.4 Å². The Balaban J connectivity index is 1.91. The molecule has 14 heteroatoms. The Hall–Kier alpha value is -3.94. The second-order valence-electron chi connectivity index (χ2n) is 7.70. The summed E-state index contributed by atoms with van der Waals surface area (Å²) in [5, 5.41) is 21.2. The topological polar surface area (TPSA) is 202 Å². The molecule has 0 aliphatic carbocycles. The maximum atomic E-state index is 12.4. The van der Waals surface area contributed by atoms with Crippen molar-refractivity contribution in [1.29, 1.82) is 0 Å². The van der Waals surface area contributed by atoms with Gasteiger partial charge in [-0.15, -0.1) is 11.3 Å². The van der Waals surface area contributed by atoms with Gasteiger partial charge in [-0.2, -0.15) is 0 Å². The summed E-state index contributed by atoms with van der Waals surface area (Å²) in [6, 6.07) is 1.56. The molecule has 184 valence electrons. The second-order valence-corrected chi connectivity index (χ2v) is 8.61. The minimum absolute atomic E-state index is 0.0943. The molecule has 2 aromatic rings. The van der Waals surface area contributed by atoms with Crippen LogP contribution in [0.2, 0.25) is 0 Å². The van der Waals surface area contributed by atoms with Crippen molar-refractivity contribution in [2.75, 3.05) is 18.4 Å². The summed E-state index contributed by atoms with van der Waals surface area (Å²) < 4.78 is 0. The molecular formula is C20H26N6O7S. The molecule has 0 aromatic carbocycles. The van der Waals surface area contributed by atoms with Gasteiger partial charge in [-0.25, -0.2) is 4.79 Å². The number of hydrogen-bond donors (Lipinski definition) is 7. The number of carboxylic acid groups (broad SMARTS) is 1. The van der Waals surface area contributed by atoms with E-state index in [9.17, 15) is 28.8 Å². The smallest absolute Gasteiger partial charge is 0.327 e. The number of rotatable bonds is 12. The van der Waals surface area contributed by atoms with Gasteiger partial charge in [0.15, 0.2) is 0 Å². The Morgan fingerprint density at radius 1 is 1.09 bits per heavy atom. The van der Waals surface area contributed by atoms with Gasteiger partial charge in [-0.05, 0) is 18.4 Å². The third-order valence-corrected chi connectivity index (χ3v) is 5.12. The molecule has 1 unspecified atom stereocenters. The monoisotopic (exact) mass is 494 g/mol. The number of H-pyrrole nitrogens is 2. The Morgan fingerprint density at radius 2 is 1.82 bits per heavy atom. The number of aliphatic carboxylic acids is 1. The number of aromatic amines is 2. The van der Waals surface area contributed by atoms with Gasteiger partial charge in [0.2, 0.25) is 11.8 Å². The Morgan fingerprint density at radius 3 is 2.47 bits per heavy atom. The SMILES string of the molecule is CC(C)CNC(=O)C(CCC(=O)O)NC(=O)CNC(=O)c1csc(Nc2cc(=O)[nH]c(=O)[nH]2)c1. The van der Waals surface area contributed by atoms with E-state index in [4.69, 9.17) is 5.11 Å². The van der Waals surface area contributed by atoms with Crippen molar-refractivity contribution in [3.8, 4) is 0 Å². The van der Waals surface area contributed by atoms with E-state index in [0.717, 1.165) is 17.4 Å². The summed E-state index contributed by atoms with van der Waals surface area (Å²) in [5.41, 5.74) is -1.05. The number of thiophene rings is 1. The molecule has 1 atom stereocenters. The minimum atomic E-state index is -1.10. The van der Waals surface area contributed by atoms with Crippen molar-refractivity contribution < 1.29 is 24.3 Å². The largest absolute Gasteiger partial charge is 0.481 e. The zero-order valence-corrected chi connectivity index (χ0v) is 19.3. The Bertz CT molecular complexity index is 1120. The van der Waals surface area contributed by atoms with E-state index < -0.39 is 47.5 Å². The van der Waals surface area contributed by atoms with Crippen LogP contribution in [0.5, 0.6) is 0 Å². The van der Waals surface area contributed by atoms with Crippen molar-refractivity contribution in [2.24, 2.45) is 5.92 Å². The van der Waals surface area contributed by atoms with E-state index in [0.29, 0.717) is 11.5 Å². The van der Waals surface area contributed by atoms with Crippen LogP contribution in [0, 0.1) is 5.92 Å². The van der Waals surface area contributed by atoms with Gasteiger partial charge in [-0.3, -0.25) is 33.9 Å². The Kier molecular flexibility index (Phi) is 9.55. The quantitative estimate of drug-likeness (QED) is 0.209. The zero-order valence-electron chi connectivity index (χ0n) is 18.5. The standard InChI is InChI=1S/C20H26N6O7S/c1-10(2)7-21-19(32)12(3-4-17(29)30)23-15(28)8-22-18(31)11-5-16(34-9-11)24-13-6-14(27)26-20(33)25-13/h5-6,9-10,12H,3-4,7-8H2,1-2H3,(H,21,32)(H,22,31)(H,23,28)(H,29,30)(H3,24,25,26,27,33). The molecule has 34 heavy (non-hydrogen) atoms. The summed E-state index contributed by atoms with van der Waals surface area (Å²) in [6.07, 6.45) is -0.404. The van der Waals surface area contributed by atoms with E-state index in [-0.39, 0.29) is 30.1 Å². The molecule has 3 amide bonds. The van der Waals surface area contributed by atoms with Crippen molar-refractivity contribution in [3.05, 3.63) is 43.9 Å². The molecule has 0 spiro atoms. The average Bonchev–Trinajstić information content (AvgIpc) is 3.20. The molecule has 7 N–H and O–H groups in total. The van der Waals surface area contributed by atoms with E-state index in [1.807, 2.05) is 18.8 Å². The lowest BCUT2D eigenvalue weighted by Gasteiger charge is -2.18. The maximum absolute atomic E-state index is 12.4. The molecule has 2 heterocycles. The molecular weight excluding hydrogens is 468 g/mol. The van der Waals surface area contributed by atoms with Gasteiger partial charge >= 0.3 is 11.7 Å². The molecule has 13 nitrogen and oxygen atoms in total. The second kappa shape index (κ2) is 12.3. The first-order valence-corrected chi connectivity index (χ1v) is 11.2. The van der Waals surface area contributed by atoms with E-state index in [1.165, 1.54) is 11.4 Å². The van der Waals surface area contributed by atoms with E-state index in [2.05, 4.69) is 26.3 Å². The third-order valence-electron chi connectivity index (χ3n) is 4.27. The first-order valence-electron chi connectivity index (χ1n) is 10.3. The summed E-state index contributed by atoms with van der Waals surface area (Å²) in [7, 11) is 0. The summed E-state index contributed by atoms with van der Waals surface area (Å²) >= 11 is 1.13. The fourth-order valence-electron chi connectivity index (χ4n) is 2.66. The third kappa shape index (κ3) is 8.90. The van der Waals surface area contributed by atoms with Crippen molar-refractivity contribution in [2.45, 2.75) is 32.7 Å². The summed E-state index contributed by atoms with van der Waals surface area (Å²) in [5.74, 6) is -2.50. The van der Waals surface area contributed by atoms with Crippen LogP contribution in [0.1, 0.15) is 37.0 Å². The summed E-state index contributed by atoms with van der Waals surface area (Å²) in [6.45, 7) is 3.73. The van der Waals surface area contributed by atoms with Crippen LogP contribution < -0.4 is 32.5 Å². The van der Waals surface area contributed by atoms with Crippen molar-refractivity contribution in [3.63, 3.8) is 0 Å².